The van der Waals surface area contributed by atoms with Crippen LogP contribution in [-0.2, 0) is 30.8 Å². The third-order valence-electron chi connectivity index (χ3n) is 7.50. The molecule has 0 fully saturated rings. The summed E-state index contributed by atoms with van der Waals surface area (Å²) in [5.74, 6) is -1.29. The van der Waals surface area contributed by atoms with Gasteiger partial charge in [0, 0.05) is 31.2 Å². The van der Waals surface area contributed by atoms with E-state index in [1.807, 2.05) is 63.2 Å². The fraction of sp³-hybridized carbons (Fsp3) is 0.452. The van der Waals surface area contributed by atoms with Crippen molar-refractivity contribution in [1.82, 2.24) is 10.1 Å². The largest absolute Gasteiger partial charge is 0.368 e. The monoisotopic (exact) mass is 598 g/mol. The average molecular weight is 599 g/mol. The number of likely N-dealkylation sites (N-methyl/N-ethyl adjacent to an activating group) is 1. The number of carbonyl (C=O) groups excluding carboxylic acids is 2. The van der Waals surface area contributed by atoms with Gasteiger partial charge in [-0.25, -0.2) is 13.1 Å². The quantitative estimate of drug-likeness (QED) is 0.266. The van der Waals surface area contributed by atoms with Gasteiger partial charge in [0.2, 0.25) is 23.1 Å². The number of ether oxygens (including phenoxy) is 1. The topological polar surface area (TPSA) is 145 Å². The molecular formula is C31H42N4O6S. The van der Waals surface area contributed by atoms with Crippen LogP contribution >= 0.6 is 0 Å². The zero-order valence-electron chi connectivity index (χ0n) is 25.4. The van der Waals surface area contributed by atoms with Crippen LogP contribution in [0.1, 0.15) is 61.4 Å². The standard InChI is InChI=1S/C31H42N4O6S/c1-8-12-24(30(37)35(6)27(19(2)3)28(32)36)17-22-15-16-25(23-13-10-9-11-14-23)26(18-22)31(40-7)42(38,39)34-29-20(4)21(5)33-41-29/h9-11,13-16,18-19,24,27,31,34H,8,12,17H2,1-7H3,(H2,32,36)/t24?,27-,31?/m0/s1. The normalized spacial score (nSPS) is 13.9. The minimum absolute atomic E-state index is 0.0257. The fourth-order valence-electron chi connectivity index (χ4n) is 5.27. The summed E-state index contributed by atoms with van der Waals surface area (Å²) in [5, 5.41) is 3.84. The molecular weight excluding hydrogens is 556 g/mol. The first-order chi connectivity index (χ1) is 19.8. The molecule has 3 rings (SSSR count). The maximum absolute atomic E-state index is 13.7. The van der Waals surface area contributed by atoms with Gasteiger partial charge in [-0.1, -0.05) is 80.9 Å². The number of primary amides is 1. The Morgan fingerprint density at radius 3 is 2.31 bits per heavy atom. The molecule has 42 heavy (non-hydrogen) atoms. The summed E-state index contributed by atoms with van der Waals surface area (Å²) in [6.07, 6.45) is 1.67. The smallest absolute Gasteiger partial charge is 0.266 e. The molecule has 2 amide bonds. The van der Waals surface area contributed by atoms with Crippen LogP contribution in [0, 0.1) is 25.7 Å². The molecule has 2 aromatic carbocycles. The van der Waals surface area contributed by atoms with Gasteiger partial charge >= 0.3 is 0 Å². The molecule has 11 heteroatoms. The SMILES string of the molecule is CCCC(Cc1ccc(-c2ccccc2)c(C(OC)S(=O)(=O)Nc2onc(C)c2C)c1)C(=O)N(C)[C@H](C(N)=O)C(C)C. The summed E-state index contributed by atoms with van der Waals surface area (Å²) < 4.78 is 40.7. The highest BCUT2D eigenvalue weighted by atomic mass is 32.2. The Balaban J connectivity index is 2.06. The second kappa shape index (κ2) is 14.0. The number of amides is 2. The molecule has 0 radical (unpaired) electrons. The van der Waals surface area contributed by atoms with Crippen LogP contribution in [0.2, 0.25) is 0 Å². The first-order valence-electron chi connectivity index (χ1n) is 14.0. The van der Waals surface area contributed by atoms with E-state index in [9.17, 15) is 18.0 Å². The number of aromatic nitrogens is 1. The highest BCUT2D eigenvalue weighted by Crippen LogP contribution is 2.36. The van der Waals surface area contributed by atoms with E-state index in [-0.39, 0.29) is 17.7 Å². The molecule has 1 aromatic heterocycles. The van der Waals surface area contributed by atoms with E-state index in [4.69, 9.17) is 15.0 Å². The molecule has 2 unspecified atom stereocenters. The highest BCUT2D eigenvalue weighted by molar-refractivity contribution is 7.92. The second-order valence-corrected chi connectivity index (χ2v) is 12.7. The number of nitrogens with two attached hydrogens (primary N) is 1. The van der Waals surface area contributed by atoms with Crippen molar-refractivity contribution >= 4 is 27.7 Å². The van der Waals surface area contributed by atoms with Gasteiger partial charge in [0.05, 0.1) is 5.69 Å². The molecule has 0 aliphatic heterocycles. The van der Waals surface area contributed by atoms with Crippen molar-refractivity contribution in [1.29, 1.82) is 0 Å². The predicted molar refractivity (Wildman–Crippen MR) is 163 cm³/mol. The lowest BCUT2D eigenvalue weighted by Crippen LogP contribution is -2.50. The second-order valence-electron chi connectivity index (χ2n) is 11.0. The molecule has 10 nitrogen and oxygen atoms in total. The molecule has 0 spiro atoms. The van der Waals surface area contributed by atoms with Crippen LogP contribution in [0.15, 0.2) is 53.1 Å². The third-order valence-corrected chi connectivity index (χ3v) is 8.98. The van der Waals surface area contributed by atoms with Gasteiger partial charge in [0.1, 0.15) is 6.04 Å². The number of nitrogens with zero attached hydrogens (tertiary/aromatic N) is 2. The maximum atomic E-state index is 13.7. The molecule has 3 atom stereocenters. The van der Waals surface area contributed by atoms with Crippen LogP contribution in [0.25, 0.3) is 11.1 Å². The number of aryl methyl sites for hydroxylation is 1. The summed E-state index contributed by atoms with van der Waals surface area (Å²) >= 11 is 0. The molecule has 0 aliphatic rings. The number of hydrogen-bond acceptors (Lipinski definition) is 7. The Morgan fingerprint density at radius 1 is 1.12 bits per heavy atom. The number of hydrogen-bond donors (Lipinski definition) is 2. The van der Waals surface area contributed by atoms with Gasteiger partial charge in [0.15, 0.2) is 0 Å². The summed E-state index contributed by atoms with van der Waals surface area (Å²) in [5.41, 5.74) is 8.03. The first-order valence-corrected chi connectivity index (χ1v) is 15.6. The molecule has 3 N–H and O–H groups in total. The van der Waals surface area contributed by atoms with Crippen LogP contribution < -0.4 is 10.5 Å². The number of benzene rings is 2. The van der Waals surface area contributed by atoms with Crippen molar-refractivity contribution in [3.05, 3.63) is 70.9 Å². The number of methoxy groups -OCH3 is 1. The fourth-order valence-corrected chi connectivity index (χ4v) is 6.60. The van der Waals surface area contributed by atoms with Crippen LogP contribution in [-0.4, -0.2) is 50.5 Å². The van der Waals surface area contributed by atoms with Gasteiger partial charge in [-0.05, 0) is 49.3 Å². The van der Waals surface area contributed by atoms with Crippen LogP contribution in [0.3, 0.4) is 0 Å². The molecule has 0 saturated heterocycles. The van der Waals surface area contributed by atoms with E-state index in [1.165, 1.54) is 12.0 Å². The van der Waals surface area contributed by atoms with E-state index in [0.29, 0.717) is 35.2 Å². The Morgan fingerprint density at radius 2 is 1.79 bits per heavy atom. The van der Waals surface area contributed by atoms with E-state index >= 15 is 0 Å². The minimum atomic E-state index is -4.17. The van der Waals surface area contributed by atoms with Gasteiger partial charge in [-0.15, -0.1) is 0 Å². The number of anilines is 1. The Kier molecular flexibility index (Phi) is 10.9. The van der Waals surface area contributed by atoms with Crippen molar-refractivity contribution < 1.29 is 27.3 Å². The lowest BCUT2D eigenvalue weighted by atomic mass is 9.89. The van der Waals surface area contributed by atoms with Crippen molar-refractivity contribution in [2.75, 3.05) is 18.9 Å². The predicted octanol–water partition coefficient (Wildman–Crippen LogP) is 4.97. The first kappa shape index (κ1) is 32.8. The van der Waals surface area contributed by atoms with Crippen molar-refractivity contribution in [3.8, 4) is 11.1 Å². The Hall–Kier alpha value is -3.70. The molecule has 0 aliphatic carbocycles. The van der Waals surface area contributed by atoms with E-state index < -0.39 is 33.3 Å². The van der Waals surface area contributed by atoms with E-state index in [0.717, 1.165) is 17.5 Å². The Labute approximate surface area is 248 Å². The van der Waals surface area contributed by atoms with E-state index in [2.05, 4.69) is 9.88 Å². The molecule has 0 saturated carbocycles. The zero-order chi connectivity index (χ0) is 31.2. The van der Waals surface area contributed by atoms with Gasteiger partial charge < -0.3 is 19.9 Å². The summed E-state index contributed by atoms with van der Waals surface area (Å²) in [6, 6.07) is 14.2. The zero-order valence-corrected chi connectivity index (χ0v) is 26.2. The van der Waals surface area contributed by atoms with Gasteiger partial charge in [-0.3, -0.25) is 9.59 Å². The summed E-state index contributed by atoms with van der Waals surface area (Å²) in [6.45, 7) is 9.13. The average Bonchev–Trinajstić information content (AvgIpc) is 3.24. The van der Waals surface area contributed by atoms with E-state index in [1.54, 1.807) is 27.0 Å². The number of nitrogens with one attached hydrogen (secondary N) is 1. The summed E-state index contributed by atoms with van der Waals surface area (Å²) in [4.78, 5) is 27.2. The number of rotatable bonds is 14. The molecule has 0 bridgehead atoms. The molecule has 228 valence electrons. The van der Waals surface area contributed by atoms with Crippen LogP contribution in [0.4, 0.5) is 5.88 Å². The lowest BCUT2D eigenvalue weighted by Gasteiger charge is -2.32. The van der Waals surface area contributed by atoms with Crippen molar-refractivity contribution in [2.45, 2.75) is 65.4 Å². The van der Waals surface area contributed by atoms with Gasteiger partial charge in [-0.2, -0.15) is 0 Å². The minimum Gasteiger partial charge on any atom is -0.368 e. The molecule has 3 aromatic rings. The highest BCUT2D eigenvalue weighted by Gasteiger charge is 2.34. The van der Waals surface area contributed by atoms with Crippen molar-refractivity contribution in [2.24, 2.45) is 17.6 Å². The van der Waals surface area contributed by atoms with Crippen molar-refractivity contribution in [3.63, 3.8) is 0 Å². The van der Waals surface area contributed by atoms with Gasteiger partial charge in [0.25, 0.3) is 10.0 Å². The maximum Gasteiger partial charge on any atom is 0.266 e. The number of carbonyl (C=O) groups is 2. The van der Waals surface area contributed by atoms with Crippen LogP contribution in [0.5, 0.6) is 0 Å². The molecule has 1 heterocycles. The Bertz CT molecular complexity index is 1490. The lowest BCUT2D eigenvalue weighted by molar-refractivity contribution is -0.142. The number of sulfonamides is 1. The third kappa shape index (κ3) is 7.38. The summed E-state index contributed by atoms with van der Waals surface area (Å²) in [7, 11) is -1.23.